The number of rotatable bonds is 6. The normalized spacial score (nSPS) is 20.7. The van der Waals surface area contributed by atoms with Gasteiger partial charge in [0.15, 0.2) is 0 Å². The van der Waals surface area contributed by atoms with Crippen LogP contribution in [0.1, 0.15) is 59.3 Å². The molecule has 3 heteroatoms. The summed E-state index contributed by atoms with van der Waals surface area (Å²) in [5.74, 6) is 1.34. The first kappa shape index (κ1) is 15.5. The van der Waals surface area contributed by atoms with E-state index in [1.165, 1.54) is 19.3 Å². The van der Waals surface area contributed by atoms with Gasteiger partial charge in [-0.25, -0.2) is 0 Å². The third-order valence-corrected chi connectivity index (χ3v) is 4.64. The molecule has 1 unspecified atom stereocenters. The molecule has 1 rings (SSSR count). The van der Waals surface area contributed by atoms with E-state index in [1.54, 1.807) is 0 Å². The molecule has 1 fully saturated rings. The molecule has 1 amide bonds. The Morgan fingerprint density at radius 1 is 1.22 bits per heavy atom. The summed E-state index contributed by atoms with van der Waals surface area (Å²) in [6, 6.07) is 0. The zero-order valence-corrected chi connectivity index (χ0v) is 12.3. The monoisotopic (exact) mass is 254 g/mol. The largest absolute Gasteiger partial charge is 0.356 e. The van der Waals surface area contributed by atoms with Crippen molar-refractivity contribution in [2.75, 3.05) is 13.1 Å². The molecule has 1 atom stereocenters. The number of hydrogen-bond acceptors (Lipinski definition) is 2. The lowest BCUT2D eigenvalue weighted by Gasteiger charge is -2.35. The van der Waals surface area contributed by atoms with Crippen LogP contribution >= 0.6 is 0 Å². The van der Waals surface area contributed by atoms with Gasteiger partial charge in [-0.1, -0.05) is 40.0 Å². The molecule has 0 aromatic rings. The number of nitrogens with two attached hydrogens (primary N) is 1. The van der Waals surface area contributed by atoms with Crippen LogP contribution in [-0.4, -0.2) is 19.0 Å². The molecule has 106 valence electrons. The number of carbonyl (C=O) groups is 1. The predicted octanol–water partition coefficient (Wildman–Crippen LogP) is 2.69. The minimum absolute atomic E-state index is 0.0867. The third-order valence-electron chi connectivity index (χ3n) is 4.64. The van der Waals surface area contributed by atoms with Gasteiger partial charge in [0, 0.05) is 13.0 Å². The van der Waals surface area contributed by atoms with E-state index in [9.17, 15) is 4.79 Å². The Hall–Kier alpha value is -0.570. The molecule has 0 spiro atoms. The second-order valence-corrected chi connectivity index (χ2v) is 6.47. The zero-order chi connectivity index (χ0) is 13.6. The second-order valence-electron chi connectivity index (χ2n) is 6.47. The minimum atomic E-state index is 0.0867. The third kappa shape index (κ3) is 4.60. The molecule has 18 heavy (non-hydrogen) atoms. The highest BCUT2D eigenvalue weighted by Gasteiger charge is 2.32. The lowest BCUT2D eigenvalue weighted by Crippen LogP contribution is -2.39. The van der Waals surface area contributed by atoms with E-state index in [0.29, 0.717) is 24.8 Å². The lowest BCUT2D eigenvalue weighted by molar-refractivity contribution is -0.124. The number of nitrogens with one attached hydrogen (secondary N) is 1. The number of hydrogen-bond donors (Lipinski definition) is 2. The summed E-state index contributed by atoms with van der Waals surface area (Å²) in [7, 11) is 0. The Morgan fingerprint density at radius 3 is 2.33 bits per heavy atom. The van der Waals surface area contributed by atoms with Crippen molar-refractivity contribution >= 4 is 5.91 Å². The molecule has 0 aromatic carbocycles. The van der Waals surface area contributed by atoms with Crippen LogP contribution in [0.2, 0.25) is 0 Å². The maximum absolute atomic E-state index is 12.0. The standard InChI is InChI=1S/C15H30N2O/c1-12(2)13(3)10-17-14(18)9-15(11-16)7-5-4-6-8-15/h12-13H,4-11,16H2,1-3H3,(H,17,18). The molecule has 0 heterocycles. The molecule has 0 aliphatic heterocycles. The fourth-order valence-electron chi connectivity index (χ4n) is 2.67. The summed E-state index contributed by atoms with van der Waals surface area (Å²) in [5.41, 5.74) is 6.00. The van der Waals surface area contributed by atoms with Crippen LogP contribution < -0.4 is 11.1 Å². The van der Waals surface area contributed by atoms with E-state index in [0.717, 1.165) is 19.4 Å². The molecule has 0 bridgehead atoms. The molecule has 0 saturated heterocycles. The first-order valence-electron chi connectivity index (χ1n) is 7.46. The average molecular weight is 254 g/mol. The quantitative estimate of drug-likeness (QED) is 0.765. The van der Waals surface area contributed by atoms with Crippen LogP contribution in [0.4, 0.5) is 0 Å². The number of amides is 1. The molecule has 3 N–H and O–H groups in total. The highest BCUT2D eigenvalue weighted by Crippen LogP contribution is 2.38. The summed E-state index contributed by atoms with van der Waals surface area (Å²) >= 11 is 0. The summed E-state index contributed by atoms with van der Waals surface area (Å²) < 4.78 is 0. The molecule has 1 aliphatic rings. The molecule has 0 aromatic heterocycles. The number of carbonyl (C=O) groups excluding carboxylic acids is 1. The molecule has 0 radical (unpaired) electrons. The van der Waals surface area contributed by atoms with Gasteiger partial charge in [0.25, 0.3) is 0 Å². The van der Waals surface area contributed by atoms with Gasteiger partial charge in [-0.3, -0.25) is 4.79 Å². The van der Waals surface area contributed by atoms with E-state index in [-0.39, 0.29) is 11.3 Å². The Balaban J connectivity index is 2.38. The van der Waals surface area contributed by atoms with Crippen molar-refractivity contribution in [1.29, 1.82) is 0 Å². The van der Waals surface area contributed by atoms with E-state index in [1.807, 2.05) is 0 Å². The Bertz CT molecular complexity index is 257. The summed E-state index contributed by atoms with van der Waals surface area (Å²) in [6.45, 7) is 8.01. The fraction of sp³-hybridized carbons (Fsp3) is 0.933. The van der Waals surface area contributed by atoms with Crippen LogP contribution in [0.25, 0.3) is 0 Å². The minimum Gasteiger partial charge on any atom is -0.356 e. The van der Waals surface area contributed by atoms with Crippen LogP contribution in [0.15, 0.2) is 0 Å². The SMILES string of the molecule is CC(C)C(C)CNC(=O)CC1(CN)CCCCC1. The maximum Gasteiger partial charge on any atom is 0.220 e. The fourth-order valence-corrected chi connectivity index (χ4v) is 2.67. The van der Waals surface area contributed by atoms with Gasteiger partial charge in [-0.2, -0.15) is 0 Å². The van der Waals surface area contributed by atoms with Crippen molar-refractivity contribution in [1.82, 2.24) is 5.32 Å². The Kier molecular flexibility index (Phi) is 6.13. The predicted molar refractivity (Wildman–Crippen MR) is 76.2 cm³/mol. The van der Waals surface area contributed by atoms with Crippen LogP contribution in [0.3, 0.4) is 0 Å². The zero-order valence-electron chi connectivity index (χ0n) is 12.3. The van der Waals surface area contributed by atoms with Crippen molar-refractivity contribution in [2.24, 2.45) is 23.0 Å². The van der Waals surface area contributed by atoms with E-state index < -0.39 is 0 Å². The second kappa shape index (κ2) is 7.13. The van der Waals surface area contributed by atoms with Crippen molar-refractivity contribution in [3.8, 4) is 0 Å². The van der Waals surface area contributed by atoms with Crippen LogP contribution in [0.5, 0.6) is 0 Å². The summed E-state index contributed by atoms with van der Waals surface area (Å²) in [4.78, 5) is 12.0. The van der Waals surface area contributed by atoms with Gasteiger partial charge < -0.3 is 11.1 Å². The van der Waals surface area contributed by atoms with Crippen LogP contribution in [-0.2, 0) is 4.79 Å². The lowest BCUT2D eigenvalue weighted by atomic mass is 9.71. The van der Waals surface area contributed by atoms with E-state index in [4.69, 9.17) is 5.73 Å². The van der Waals surface area contributed by atoms with E-state index in [2.05, 4.69) is 26.1 Å². The van der Waals surface area contributed by atoms with Crippen molar-refractivity contribution in [3.05, 3.63) is 0 Å². The Labute approximate surface area is 112 Å². The molecular formula is C15H30N2O. The van der Waals surface area contributed by atoms with Gasteiger partial charge in [0.2, 0.25) is 5.91 Å². The van der Waals surface area contributed by atoms with Gasteiger partial charge >= 0.3 is 0 Å². The molecule has 1 aliphatic carbocycles. The smallest absolute Gasteiger partial charge is 0.220 e. The summed E-state index contributed by atoms with van der Waals surface area (Å²) in [5, 5.41) is 3.08. The summed E-state index contributed by atoms with van der Waals surface area (Å²) in [6.07, 6.45) is 6.62. The van der Waals surface area contributed by atoms with Gasteiger partial charge in [0.1, 0.15) is 0 Å². The van der Waals surface area contributed by atoms with Gasteiger partial charge in [-0.05, 0) is 36.6 Å². The van der Waals surface area contributed by atoms with Crippen LogP contribution in [0, 0.1) is 17.3 Å². The first-order valence-corrected chi connectivity index (χ1v) is 7.46. The molecular weight excluding hydrogens is 224 g/mol. The maximum atomic E-state index is 12.0. The Morgan fingerprint density at radius 2 is 1.83 bits per heavy atom. The first-order chi connectivity index (χ1) is 8.49. The van der Waals surface area contributed by atoms with Gasteiger partial charge in [0.05, 0.1) is 0 Å². The van der Waals surface area contributed by atoms with Crippen molar-refractivity contribution in [3.63, 3.8) is 0 Å². The highest BCUT2D eigenvalue weighted by atomic mass is 16.1. The molecule has 3 nitrogen and oxygen atoms in total. The highest BCUT2D eigenvalue weighted by molar-refractivity contribution is 5.76. The molecule has 1 saturated carbocycles. The van der Waals surface area contributed by atoms with E-state index >= 15 is 0 Å². The van der Waals surface area contributed by atoms with Crippen molar-refractivity contribution < 1.29 is 4.79 Å². The topological polar surface area (TPSA) is 55.1 Å². The van der Waals surface area contributed by atoms with Gasteiger partial charge in [-0.15, -0.1) is 0 Å². The van der Waals surface area contributed by atoms with Crippen molar-refractivity contribution in [2.45, 2.75) is 59.3 Å². The average Bonchev–Trinajstić information content (AvgIpc) is 2.36.